The summed E-state index contributed by atoms with van der Waals surface area (Å²) in [6.07, 6.45) is 8.64. The van der Waals surface area contributed by atoms with E-state index < -0.39 is 11.9 Å². The Hall–Kier alpha value is -1.82. The van der Waals surface area contributed by atoms with Crippen LogP contribution >= 0.6 is 0 Å². The van der Waals surface area contributed by atoms with Gasteiger partial charge in [-0.1, -0.05) is 52.2 Å². The first-order valence-corrected chi connectivity index (χ1v) is 10.2. The number of nitrogens with one attached hydrogen (secondary N) is 2. The molecule has 0 saturated heterocycles. The van der Waals surface area contributed by atoms with E-state index in [1.807, 2.05) is 0 Å². The lowest BCUT2D eigenvalue weighted by Gasteiger charge is -2.33. The number of ether oxygens (including phenoxy) is 1. The molecule has 0 aromatic rings. The molecule has 0 bridgehead atoms. The Morgan fingerprint density at radius 2 is 1.81 bits per heavy atom. The van der Waals surface area contributed by atoms with Crippen LogP contribution in [0, 0.1) is 5.92 Å². The predicted octanol–water partition coefficient (Wildman–Crippen LogP) is 3.39. The molecule has 0 aliphatic heterocycles. The number of rotatable bonds is 14. The van der Waals surface area contributed by atoms with Crippen molar-refractivity contribution < 1.29 is 19.4 Å². The van der Waals surface area contributed by atoms with Crippen molar-refractivity contribution in [3.63, 3.8) is 0 Å². The standard InChI is InChI=1S/C21H36N2O4/c1-4-7-9-11-22-18-15-17(21(26)27-13-6-3)19(14-16(18)20(24)25)23-12-10-8-5-2/h6,16,18,22-23H,3-5,7-15H2,1-2H3,(H,24,25). The number of carbonyl (C=O) groups is 2. The molecule has 1 aliphatic rings. The molecule has 1 aliphatic carbocycles. The van der Waals surface area contributed by atoms with Crippen LogP contribution in [0.1, 0.15) is 65.2 Å². The van der Waals surface area contributed by atoms with Crippen molar-refractivity contribution in [2.75, 3.05) is 19.7 Å². The van der Waals surface area contributed by atoms with Gasteiger partial charge >= 0.3 is 11.9 Å². The Balaban J connectivity index is 2.90. The van der Waals surface area contributed by atoms with Crippen LogP contribution in [0.5, 0.6) is 0 Å². The Labute approximate surface area is 163 Å². The number of carbonyl (C=O) groups excluding carboxylic acids is 1. The number of carboxylic acid groups (broad SMARTS) is 1. The molecule has 6 nitrogen and oxygen atoms in total. The van der Waals surface area contributed by atoms with Gasteiger partial charge in [-0.3, -0.25) is 4.79 Å². The summed E-state index contributed by atoms with van der Waals surface area (Å²) in [7, 11) is 0. The summed E-state index contributed by atoms with van der Waals surface area (Å²) in [5, 5.41) is 16.3. The van der Waals surface area contributed by atoms with Crippen LogP contribution < -0.4 is 10.6 Å². The second-order valence-electron chi connectivity index (χ2n) is 7.10. The fourth-order valence-electron chi connectivity index (χ4n) is 3.33. The summed E-state index contributed by atoms with van der Waals surface area (Å²) in [6.45, 7) is 9.49. The number of hydrogen-bond acceptors (Lipinski definition) is 5. The zero-order chi connectivity index (χ0) is 20.1. The molecule has 6 heteroatoms. The molecule has 0 aromatic carbocycles. The van der Waals surface area contributed by atoms with Crippen LogP contribution in [0.3, 0.4) is 0 Å². The van der Waals surface area contributed by atoms with E-state index in [1.165, 1.54) is 6.08 Å². The van der Waals surface area contributed by atoms with Gasteiger partial charge in [-0.15, -0.1) is 0 Å². The van der Waals surface area contributed by atoms with E-state index in [1.54, 1.807) is 0 Å². The smallest absolute Gasteiger partial charge is 0.336 e. The Morgan fingerprint density at radius 3 is 2.41 bits per heavy atom. The average molecular weight is 381 g/mol. The van der Waals surface area contributed by atoms with Gasteiger partial charge in [0.25, 0.3) is 0 Å². The maximum atomic E-state index is 12.5. The molecule has 0 saturated carbocycles. The molecular weight excluding hydrogens is 344 g/mol. The van der Waals surface area contributed by atoms with E-state index in [-0.39, 0.29) is 18.6 Å². The van der Waals surface area contributed by atoms with Crippen molar-refractivity contribution in [3.8, 4) is 0 Å². The van der Waals surface area contributed by atoms with Gasteiger partial charge in [-0.2, -0.15) is 0 Å². The molecule has 3 N–H and O–H groups in total. The first kappa shape index (κ1) is 23.2. The van der Waals surface area contributed by atoms with Gasteiger partial charge in [-0.05, 0) is 25.8 Å². The quantitative estimate of drug-likeness (QED) is 0.243. The van der Waals surface area contributed by atoms with E-state index in [4.69, 9.17) is 4.74 Å². The summed E-state index contributed by atoms with van der Waals surface area (Å²) < 4.78 is 5.25. The van der Waals surface area contributed by atoms with Crippen LogP contribution in [0.15, 0.2) is 23.9 Å². The highest BCUT2D eigenvalue weighted by Crippen LogP contribution is 2.30. The first-order chi connectivity index (χ1) is 13.0. The van der Waals surface area contributed by atoms with E-state index in [9.17, 15) is 14.7 Å². The fourth-order valence-corrected chi connectivity index (χ4v) is 3.33. The molecule has 27 heavy (non-hydrogen) atoms. The number of esters is 1. The third kappa shape index (κ3) is 8.16. The van der Waals surface area contributed by atoms with Crippen molar-refractivity contribution in [1.82, 2.24) is 10.6 Å². The molecular formula is C21H36N2O4. The third-order valence-electron chi connectivity index (χ3n) is 4.90. The summed E-state index contributed by atoms with van der Waals surface area (Å²) in [4.78, 5) is 24.3. The summed E-state index contributed by atoms with van der Waals surface area (Å²) in [6, 6.07) is -0.258. The van der Waals surface area contributed by atoms with Gasteiger partial charge in [-0.25, -0.2) is 4.79 Å². The molecule has 2 atom stereocenters. The van der Waals surface area contributed by atoms with Gasteiger partial charge < -0.3 is 20.5 Å². The molecule has 0 heterocycles. The Morgan fingerprint density at radius 1 is 1.15 bits per heavy atom. The first-order valence-electron chi connectivity index (χ1n) is 10.2. The molecule has 154 valence electrons. The highest BCUT2D eigenvalue weighted by atomic mass is 16.5. The van der Waals surface area contributed by atoms with Crippen LogP contribution in [-0.4, -0.2) is 42.8 Å². The summed E-state index contributed by atoms with van der Waals surface area (Å²) >= 11 is 0. The van der Waals surface area contributed by atoms with Crippen molar-refractivity contribution in [2.24, 2.45) is 5.92 Å². The molecule has 0 aromatic heterocycles. The minimum Gasteiger partial charge on any atom is -0.481 e. The molecule has 2 unspecified atom stereocenters. The van der Waals surface area contributed by atoms with E-state index in [2.05, 4.69) is 31.1 Å². The van der Waals surface area contributed by atoms with Gasteiger partial charge in [0.15, 0.2) is 0 Å². The van der Waals surface area contributed by atoms with Gasteiger partial charge in [0.1, 0.15) is 6.61 Å². The van der Waals surface area contributed by atoms with Crippen molar-refractivity contribution in [3.05, 3.63) is 23.9 Å². The minimum absolute atomic E-state index is 0.155. The molecule has 0 radical (unpaired) electrons. The van der Waals surface area contributed by atoms with Gasteiger partial charge in [0, 0.05) is 24.7 Å². The Bertz CT molecular complexity index is 516. The average Bonchev–Trinajstić information content (AvgIpc) is 2.66. The predicted molar refractivity (Wildman–Crippen MR) is 107 cm³/mol. The zero-order valence-corrected chi connectivity index (χ0v) is 16.9. The van der Waals surface area contributed by atoms with Gasteiger partial charge in [0.05, 0.1) is 11.5 Å². The third-order valence-corrected chi connectivity index (χ3v) is 4.90. The second kappa shape index (κ2) is 13.4. The maximum Gasteiger partial charge on any atom is 0.336 e. The topological polar surface area (TPSA) is 87.7 Å². The van der Waals surface area contributed by atoms with Crippen molar-refractivity contribution in [2.45, 2.75) is 71.3 Å². The van der Waals surface area contributed by atoms with Gasteiger partial charge in [0.2, 0.25) is 0 Å². The van der Waals surface area contributed by atoms with Crippen LogP contribution in [0.4, 0.5) is 0 Å². The summed E-state index contributed by atoms with van der Waals surface area (Å²) in [5.74, 6) is -1.75. The molecule has 0 spiro atoms. The number of hydrogen-bond donors (Lipinski definition) is 3. The summed E-state index contributed by atoms with van der Waals surface area (Å²) in [5.41, 5.74) is 1.29. The van der Waals surface area contributed by atoms with Crippen LogP contribution in [0.2, 0.25) is 0 Å². The maximum absolute atomic E-state index is 12.5. The normalized spacial score (nSPS) is 19.6. The van der Waals surface area contributed by atoms with Crippen molar-refractivity contribution in [1.29, 1.82) is 0 Å². The zero-order valence-electron chi connectivity index (χ0n) is 16.9. The number of carboxylic acids is 1. The molecule has 0 fully saturated rings. The number of aliphatic carboxylic acids is 1. The fraction of sp³-hybridized carbons (Fsp3) is 0.714. The number of allylic oxidation sites excluding steroid dienone is 1. The Kier molecular flexibility index (Phi) is 11.5. The largest absolute Gasteiger partial charge is 0.481 e. The van der Waals surface area contributed by atoms with E-state index in [0.29, 0.717) is 18.4 Å². The van der Waals surface area contributed by atoms with E-state index in [0.717, 1.165) is 57.3 Å². The van der Waals surface area contributed by atoms with Crippen LogP contribution in [-0.2, 0) is 14.3 Å². The highest BCUT2D eigenvalue weighted by Gasteiger charge is 2.37. The molecule has 0 amide bonds. The number of unbranched alkanes of at least 4 members (excludes halogenated alkanes) is 4. The lowest BCUT2D eigenvalue weighted by molar-refractivity contribution is -0.144. The molecule has 1 rings (SSSR count). The SMILES string of the molecule is C=CCOC(=O)C1=C(NCCCCC)CC(C(=O)O)C(NCCCCC)C1. The lowest BCUT2D eigenvalue weighted by Crippen LogP contribution is -2.46. The monoisotopic (exact) mass is 380 g/mol. The minimum atomic E-state index is -0.825. The second-order valence-corrected chi connectivity index (χ2v) is 7.10. The van der Waals surface area contributed by atoms with Crippen molar-refractivity contribution >= 4 is 11.9 Å². The lowest BCUT2D eigenvalue weighted by atomic mass is 9.82. The highest BCUT2D eigenvalue weighted by molar-refractivity contribution is 5.90. The van der Waals surface area contributed by atoms with Crippen LogP contribution in [0.25, 0.3) is 0 Å². The van der Waals surface area contributed by atoms with E-state index >= 15 is 0 Å².